The van der Waals surface area contributed by atoms with E-state index < -0.39 is 0 Å². The maximum Gasteiger partial charge on any atom is -0.0443 e. The number of hydrogen-bond donors (Lipinski definition) is 0. The van der Waals surface area contributed by atoms with Gasteiger partial charge in [0.05, 0.1) is 0 Å². The molecule has 0 amide bonds. The van der Waals surface area contributed by atoms with Crippen LogP contribution in [0.2, 0.25) is 0 Å². The Bertz CT molecular complexity index is 257. The molecule has 0 saturated carbocycles. The maximum absolute atomic E-state index is 2.45. The zero-order chi connectivity index (χ0) is 20.0. The molecule has 0 nitrogen and oxygen atoms in total. The minimum Gasteiger partial charge on any atom is -0.0654 e. The molecular weight excluding hydrogens is 324 g/mol. The molecule has 0 aliphatic heterocycles. The van der Waals surface area contributed by atoms with E-state index in [2.05, 4.69) is 27.7 Å². The van der Waals surface area contributed by atoms with Gasteiger partial charge in [0.2, 0.25) is 0 Å². The molecule has 0 fully saturated rings. The molecule has 0 saturated heterocycles. The highest BCUT2D eigenvalue weighted by atomic mass is 14.1. The average Bonchev–Trinajstić information content (AvgIpc) is 2.68. The van der Waals surface area contributed by atoms with Gasteiger partial charge in [-0.05, 0) is 11.8 Å². The van der Waals surface area contributed by atoms with Gasteiger partial charge < -0.3 is 0 Å². The van der Waals surface area contributed by atoms with Crippen LogP contribution in [0, 0.1) is 11.8 Å². The first-order valence-electron chi connectivity index (χ1n) is 13.2. The van der Waals surface area contributed by atoms with Crippen LogP contribution in [0.5, 0.6) is 0 Å². The van der Waals surface area contributed by atoms with Crippen molar-refractivity contribution >= 4 is 0 Å². The van der Waals surface area contributed by atoms with Crippen molar-refractivity contribution in [2.24, 2.45) is 11.8 Å². The second-order valence-electron chi connectivity index (χ2n) is 9.64. The van der Waals surface area contributed by atoms with E-state index in [1.54, 1.807) is 0 Å². The molecule has 0 aliphatic carbocycles. The lowest BCUT2D eigenvalue weighted by Gasteiger charge is -2.10. The van der Waals surface area contributed by atoms with Crippen LogP contribution in [0.1, 0.15) is 163 Å². The monoisotopic (exact) mass is 380 g/mol. The summed E-state index contributed by atoms with van der Waals surface area (Å²) in [5.41, 5.74) is 0. The van der Waals surface area contributed by atoms with Crippen molar-refractivity contribution in [2.45, 2.75) is 163 Å². The number of unbranched alkanes of at least 4 members (excludes halogenated alkanes) is 15. The van der Waals surface area contributed by atoms with Crippen LogP contribution in [-0.2, 0) is 0 Å². The van der Waals surface area contributed by atoms with E-state index in [1.165, 1.54) is 135 Å². The molecule has 0 N–H and O–H groups in total. The summed E-state index contributed by atoms with van der Waals surface area (Å²) in [6.45, 7) is 9.48. The molecule has 0 bridgehead atoms. The Hall–Kier alpha value is 0. The van der Waals surface area contributed by atoms with E-state index >= 15 is 0 Å². The Labute approximate surface area is 174 Å². The molecule has 0 spiro atoms. The molecule has 2 unspecified atom stereocenters. The quantitative estimate of drug-likeness (QED) is 0.164. The summed E-state index contributed by atoms with van der Waals surface area (Å²) in [6, 6.07) is 0. The Morgan fingerprint density at radius 2 is 0.667 bits per heavy atom. The van der Waals surface area contributed by atoms with Crippen molar-refractivity contribution in [3.63, 3.8) is 0 Å². The fourth-order valence-corrected chi connectivity index (χ4v) is 4.18. The third-order valence-corrected chi connectivity index (χ3v) is 6.64. The first kappa shape index (κ1) is 27.0. The number of rotatable bonds is 22. The number of hydrogen-bond acceptors (Lipinski definition) is 0. The molecule has 0 rings (SSSR count). The fourth-order valence-electron chi connectivity index (χ4n) is 4.18. The normalized spacial score (nSPS) is 13.8. The summed E-state index contributed by atoms with van der Waals surface area (Å²) in [6.07, 6.45) is 30.8. The minimum atomic E-state index is 0.948. The third kappa shape index (κ3) is 22.2. The van der Waals surface area contributed by atoms with Crippen LogP contribution in [-0.4, -0.2) is 0 Å². The van der Waals surface area contributed by atoms with E-state index in [0.29, 0.717) is 0 Å². The molecule has 0 heteroatoms. The molecular formula is C27H56. The largest absolute Gasteiger partial charge is 0.0654 e. The van der Waals surface area contributed by atoms with Crippen molar-refractivity contribution in [3.8, 4) is 0 Å². The molecule has 0 radical (unpaired) electrons. The topological polar surface area (TPSA) is 0 Å². The van der Waals surface area contributed by atoms with Crippen LogP contribution < -0.4 is 0 Å². The highest BCUT2D eigenvalue weighted by Gasteiger charge is 2.01. The Kier molecular flexibility index (Phi) is 22.3. The van der Waals surface area contributed by atoms with E-state index in [-0.39, 0.29) is 0 Å². The molecule has 2 atom stereocenters. The molecule has 0 aromatic heterocycles. The van der Waals surface area contributed by atoms with Crippen molar-refractivity contribution < 1.29 is 0 Å². The summed E-state index contributed by atoms with van der Waals surface area (Å²) in [4.78, 5) is 0. The zero-order valence-corrected chi connectivity index (χ0v) is 20.0. The van der Waals surface area contributed by atoms with Crippen LogP contribution in [0.25, 0.3) is 0 Å². The lowest BCUT2D eigenvalue weighted by atomic mass is 9.97. The van der Waals surface area contributed by atoms with Gasteiger partial charge in [-0.15, -0.1) is 0 Å². The summed E-state index contributed by atoms with van der Waals surface area (Å²) < 4.78 is 0. The van der Waals surface area contributed by atoms with E-state index in [9.17, 15) is 0 Å². The van der Waals surface area contributed by atoms with E-state index in [4.69, 9.17) is 0 Å². The summed E-state index contributed by atoms with van der Waals surface area (Å²) >= 11 is 0. The smallest absolute Gasteiger partial charge is 0.0443 e. The zero-order valence-electron chi connectivity index (χ0n) is 20.0. The van der Waals surface area contributed by atoms with Crippen molar-refractivity contribution in [1.82, 2.24) is 0 Å². The first-order valence-corrected chi connectivity index (χ1v) is 13.2. The fraction of sp³-hybridized carbons (Fsp3) is 1.00. The van der Waals surface area contributed by atoms with Crippen molar-refractivity contribution in [2.75, 3.05) is 0 Å². The Balaban J connectivity index is 3.07. The SMILES string of the molecule is CCCCC(C)CCCCCCCCCCCCCCCCCC(C)CC. The highest BCUT2D eigenvalue weighted by molar-refractivity contribution is 4.55. The standard InChI is InChI=1S/C27H56/c1-5-7-23-27(4)25-22-20-18-16-14-12-10-8-9-11-13-15-17-19-21-24-26(3)6-2/h26-27H,5-25H2,1-4H3. The van der Waals surface area contributed by atoms with E-state index in [1.807, 2.05) is 0 Å². The van der Waals surface area contributed by atoms with Crippen LogP contribution in [0.15, 0.2) is 0 Å². The first-order chi connectivity index (χ1) is 13.2. The van der Waals surface area contributed by atoms with Gasteiger partial charge in [0.15, 0.2) is 0 Å². The van der Waals surface area contributed by atoms with Gasteiger partial charge in [0, 0.05) is 0 Å². The second-order valence-corrected chi connectivity index (χ2v) is 9.64. The Morgan fingerprint density at radius 3 is 1.00 bits per heavy atom. The molecule has 164 valence electrons. The molecule has 27 heavy (non-hydrogen) atoms. The van der Waals surface area contributed by atoms with E-state index in [0.717, 1.165) is 11.8 Å². The van der Waals surface area contributed by atoms with Gasteiger partial charge in [0.25, 0.3) is 0 Å². The summed E-state index contributed by atoms with van der Waals surface area (Å²) in [5, 5.41) is 0. The Morgan fingerprint density at radius 1 is 0.370 bits per heavy atom. The molecule has 0 aliphatic rings. The lowest BCUT2D eigenvalue weighted by Crippen LogP contribution is -1.94. The highest BCUT2D eigenvalue weighted by Crippen LogP contribution is 2.18. The summed E-state index contributed by atoms with van der Waals surface area (Å²) in [5.74, 6) is 1.92. The molecule has 0 heterocycles. The second kappa shape index (κ2) is 22.3. The van der Waals surface area contributed by atoms with Gasteiger partial charge in [-0.2, -0.15) is 0 Å². The minimum absolute atomic E-state index is 0.948. The third-order valence-electron chi connectivity index (χ3n) is 6.64. The van der Waals surface area contributed by atoms with Gasteiger partial charge in [-0.25, -0.2) is 0 Å². The average molecular weight is 381 g/mol. The predicted molar refractivity (Wildman–Crippen MR) is 127 cm³/mol. The van der Waals surface area contributed by atoms with Crippen molar-refractivity contribution in [3.05, 3.63) is 0 Å². The van der Waals surface area contributed by atoms with Crippen LogP contribution in [0.4, 0.5) is 0 Å². The van der Waals surface area contributed by atoms with Gasteiger partial charge in [-0.3, -0.25) is 0 Å². The lowest BCUT2D eigenvalue weighted by molar-refractivity contribution is 0.440. The predicted octanol–water partition coefficient (Wildman–Crippen LogP) is 10.5. The van der Waals surface area contributed by atoms with Gasteiger partial charge in [-0.1, -0.05) is 163 Å². The molecule has 0 aromatic rings. The maximum atomic E-state index is 2.45. The van der Waals surface area contributed by atoms with Crippen molar-refractivity contribution in [1.29, 1.82) is 0 Å². The van der Waals surface area contributed by atoms with Crippen LogP contribution >= 0.6 is 0 Å². The molecule has 0 aromatic carbocycles. The van der Waals surface area contributed by atoms with Gasteiger partial charge in [0.1, 0.15) is 0 Å². The van der Waals surface area contributed by atoms with Gasteiger partial charge >= 0.3 is 0 Å². The van der Waals surface area contributed by atoms with Crippen LogP contribution in [0.3, 0.4) is 0 Å². The summed E-state index contributed by atoms with van der Waals surface area (Å²) in [7, 11) is 0.